The summed E-state index contributed by atoms with van der Waals surface area (Å²) in [6.45, 7) is 0.783. The number of hydrogen-bond donors (Lipinski definition) is 1. The largest absolute Gasteiger partial charge is 0.493 e. The number of alkyl halides is 3. The standard InChI is InChI=1S/C20H21ClF3N3O5S/c1-12(13-5-8-17(31-2)18(9-13)32-3)25-26-19(28)11-27(33(4,29)30)14-6-7-16(21)15(10-14)20(22,23)24/h5-10H,11H2,1-4H3,(H,26,28)/b25-12-. The van der Waals surface area contributed by atoms with Gasteiger partial charge in [-0.25, -0.2) is 13.8 Å². The Bertz CT molecular complexity index is 1170. The summed E-state index contributed by atoms with van der Waals surface area (Å²) in [5.41, 5.74) is 1.55. The fraction of sp³-hybridized carbons (Fsp3) is 0.300. The Morgan fingerprint density at radius 1 is 1.12 bits per heavy atom. The Morgan fingerprint density at radius 2 is 1.76 bits per heavy atom. The molecule has 2 aromatic carbocycles. The number of nitrogens with one attached hydrogen (secondary N) is 1. The molecule has 0 saturated carbocycles. The maximum Gasteiger partial charge on any atom is 0.417 e. The van der Waals surface area contributed by atoms with Crippen molar-refractivity contribution in [3.05, 3.63) is 52.5 Å². The third-order valence-electron chi connectivity index (χ3n) is 4.38. The Labute approximate surface area is 194 Å². The smallest absolute Gasteiger partial charge is 0.417 e. The van der Waals surface area contributed by atoms with Gasteiger partial charge in [0.1, 0.15) is 6.54 Å². The van der Waals surface area contributed by atoms with Crippen LogP contribution < -0.4 is 19.2 Å². The van der Waals surface area contributed by atoms with Crippen LogP contribution in [-0.2, 0) is 21.0 Å². The lowest BCUT2D eigenvalue weighted by atomic mass is 10.1. The topological polar surface area (TPSA) is 97.3 Å². The van der Waals surface area contributed by atoms with Gasteiger partial charge >= 0.3 is 6.18 Å². The number of benzene rings is 2. The van der Waals surface area contributed by atoms with Crippen LogP contribution in [0, 0.1) is 0 Å². The number of ether oxygens (including phenoxy) is 2. The minimum atomic E-state index is -4.81. The monoisotopic (exact) mass is 507 g/mol. The van der Waals surface area contributed by atoms with E-state index in [-0.39, 0.29) is 5.69 Å². The van der Waals surface area contributed by atoms with E-state index in [9.17, 15) is 26.4 Å². The highest BCUT2D eigenvalue weighted by atomic mass is 35.5. The molecule has 0 aliphatic heterocycles. The lowest BCUT2D eigenvalue weighted by Gasteiger charge is -2.22. The highest BCUT2D eigenvalue weighted by Gasteiger charge is 2.34. The zero-order valence-electron chi connectivity index (χ0n) is 18.0. The third-order valence-corrected chi connectivity index (χ3v) is 5.85. The van der Waals surface area contributed by atoms with Crippen LogP contribution in [0.3, 0.4) is 0 Å². The molecular formula is C20H21ClF3N3O5S. The molecule has 0 heterocycles. The molecule has 2 aromatic rings. The van der Waals surface area contributed by atoms with Gasteiger partial charge in [0.15, 0.2) is 11.5 Å². The maximum absolute atomic E-state index is 13.2. The van der Waals surface area contributed by atoms with Gasteiger partial charge in [0, 0.05) is 5.56 Å². The molecule has 0 radical (unpaired) electrons. The molecule has 0 aromatic heterocycles. The summed E-state index contributed by atoms with van der Waals surface area (Å²) in [5.74, 6) is 0.0502. The van der Waals surface area contributed by atoms with Crippen LogP contribution in [0.4, 0.5) is 18.9 Å². The average Bonchev–Trinajstić information content (AvgIpc) is 2.74. The summed E-state index contributed by atoms with van der Waals surface area (Å²) < 4.78 is 74.7. The van der Waals surface area contributed by atoms with Crippen molar-refractivity contribution >= 4 is 38.9 Å². The number of methoxy groups -OCH3 is 2. The molecule has 1 amide bonds. The Morgan fingerprint density at radius 3 is 2.30 bits per heavy atom. The van der Waals surface area contributed by atoms with Crippen LogP contribution in [0.1, 0.15) is 18.1 Å². The van der Waals surface area contributed by atoms with E-state index in [0.29, 0.717) is 33.1 Å². The number of hydrogen-bond acceptors (Lipinski definition) is 6. The highest BCUT2D eigenvalue weighted by Crippen LogP contribution is 2.37. The fourth-order valence-corrected chi connectivity index (χ4v) is 3.80. The second kappa shape index (κ2) is 10.3. The van der Waals surface area contributed by atoms with E-state index in [1.165, 1.54) is 14.2 Å². The maximum atomic E-state index is 13.2. The number of sulfonamides is 1. The van der Waals surface area contributed by atoms with E-state index in [0.717, 1.165) is 18.4 Å². The zero-order chi connectivity index (χ0) is 25.0. The summed E-state index contributed by atoms with van der Waals surface area (Å²) in [4.78, 5) is 12.4. The molecular weight excluding hydrogens is 487 g/mol. The number of carbonyl (C=O) groups is 1. The first kappa shape index (κ1) is 26.3. The second-order valence-electron chi connectivity index (χ2n) is 6.73. The quantitative estimate of drug-likeness (QED) is 0.434. The van der Waals surface area contributed by atoms with Crippen molar-refractivity contribution in [3.63, 3.8) is 0 Å². The first-order valence-electron chi connectivity index (χ1n) is 9.18. The van der Waals surface area contributed by atoms with E-state index in [1.807, 2.05) is 0 Å². The van der Waals surface area contributed by atoms with Gasteiger partial charge in [-0.2, -0.15) is 18.3 Å². The van der Waals surface area contributed by atoms with E-state index < -0.39 is 39.2 Å². The van der Waals surface area contributed by atoms with Gasteiger partial charge in [0.2, 0.25) is 10.0 Å². The van der Waals surface area contributed by atoms with Crippen molar-refractivity contribution in [2.24, 2.45) is 5.10 Å². The molecule has 0 fully saturated rings. The Kier molecular flexibility index (Phi) is 8.20. The molecule has 1 N–H and O–H groups in total. The molecule has 0 aliphatic carbocycles. The van der Waals surface area contributed by atoms with Crippen LogP contribution in [-0.4, -0.2) is 47.1 Å². The van der Waals surface area contributed by atoms with Gasteiger partial charge in [-0.05, 0) is 43.3 Å². The number of rotatable bonds is 8. The highest BCUT2D eigenvalue weighted by molar-refractivity contribution is 7.92. The molecule has 0 unspecified atom stereocenters. The molecule has 0 saturated heterocycles. The lowest BCUT2D eigenvalue weighted by Crippen LogP contribution is -2.39. The number of anilines is 1. The molecule has 33 heavy (non-hydrogen) atoms. The molecule has 13 heteroatoms. The normalized spacial score (nSPS) is 12.3. The SMILES string of the molecule is COc1ccc(/C(C)=N\NC(=O)CN(c2ccc(Cl)c(C(F)(F)F)c2)S(C)(=O)=O)cc1OC. The summed E-state index contributed by atoms with van der Waals surface area (Å²) in [5, 5.41) is 3.33. The van der Waals surface area contributed by atoms with Crippen LogP contribution in [0.2, 0.25) is 5.02 Å². The van der Waals surface area contributed by atoms with Crippen LogP contribution in [0.15, 0.2) is 41.5 Å². The minimum Gasteiger partial charge on any atom is -0.493 e. The van der Waals surface area contributed by atoms with Crippen LogP contribution >= 0.6 is 11.6 Å². The molecule has 0 spiro atoms. The number of halogens is 4. The van der Waals surface area contributed by atoms with Crippen molar-refractivity contribution in [1.82, 2.24) is 5.43 Å². The van der Waals surface area contributed by atoms with E-state index in [2.05, 4.69) is 10.5 Å². The molecule has 0 atom stereocenters. The average molecular weight is 508 g/mol. The molecule has 0 bridgehead atoms. The van der Waals surface area contributed by atoms with Gasteiger partial charge in [0.05, 0.1) is 42.5 Å². The van der Waals surface area contributed by atoms with Crippen molar-refractivity contribution in [1.29, 1.82) is 0 Å². The summed E-state index contributed by atoms with van der Waals surface area (Å²) in [7, 11) is -1.18. The Balaban J connectivity index is 2.26. The van der Waals surface area contributed by atoms with Crippen molar-refractivity contribution in [3.8, 4) is 11.5 Å². The van der Waals surface area contributed by atoms with Crippen molar-refractivity contribution in [2.75, 3.05) is 31.3 Å². The second-order valence-corrected chi connectivity index (χ2v) is 9.05. The van der Waals surface area contributed by atoms with Crippen molar-refractivity contribution < 1.29 is 35.9 Å². The summed E-state index contributed by atoms with van der Waals surface area (Å²) >= 11 is 5.59. The minimum absolute atomic E-state index is 0.362. The van der Waals surface area contributed by atoms with E-state index in [1.54, 1.807) is 25.1 Å². The van der Waals surface area contributed by atoms with Crippen molar-refractivity contribution in [2.45, 2.75) is 13.1 Å². The van der Waals surface area contributed by atoms with Gasteiger partial charge in [-0.15, -0.1) is 0 Å². The number of amides is 1. The van der Waals surface area contributed by atoms with Gasteiger partial charge in [-0.1, -0.05) is 11.6 Å². The number of nitrogens with zero attached hydrogens (tertiary/aromatic N) is 2. The van der Waals surface area contributed by atoms with Gasteiger partial charge in [0.25, 0.3) is 5.91 Å². The third kappa shape index (κ3) is 6.75. The first-order chi connectivity index (χ1) is 15.3. The summed E-state index contributed by atoms with van der Waals surface area (Å²) in [6.07, 6.45) is -4.04. The number of carbonyl (C=O) groups excluding carboxylic acids is 1. The van der Waals surface area contributed by atoms with E-state index >= 15 is 0 Å². The van der Waals surface area contributed by atoms with E-state index in [4.69, 9.17) is 21.1 Å². The lowest BCUT2D eigenvalue weighted by molar-refractivity contribution is -0.137. The molecule has 0 aliphatic rings. The number of hydrazone groups is 1. The predicted octanol–water partition coefficient (Wildman–Crippen LogP) is 3.68. The fourth-order valence-electron chi connectivity index (χ4n) is 2.72. The zero-order valence-corrected chi connectivity index (χ0v) is 19.6. The first-order valence-corrected chi connectivity index (χ1v) is 11.4. The molecule has 2 rings (SSSR count). The van der Waals surface area contributed by atoms with Gasteiger partial charge < -0.3 is 9.47 Å². The Hall–Kier alpha value is -2.99. The molecule has 8 nitrogen and oxygen atoms in total. The predicted molar refractivity (Wildman–Crippen MR) is 119 cm³/mol. The van der Waals surface area contributed by atoms with Gasteiger partial charge in [-0.3, -0.25) is 9.10 Å². The van der Waals surface area contributed by atoms with Crippen LogP contribution in [0.25, 0.3) is 0 Å². The summed E-state index contributed by atoms with van der Waals surface area (Å²) in [6, 6.07) is 7.48. The molecule has 180 valence electrons. The van der Waals surface area contributed by atoms with Crippen LogP contribution in [0.5, 0.6) is 11.5 Å².